The van der Waals surface area contributed by atoms with E-state index in [4.69, 9.17) is 5.10 Å². The van der Waals surface area contributed by atoms with Crippen LogP contribution in [0.15, 0.2) is 70.1 Å². The molecule has 0 spiro atoms. The summed E-state index contributed by atoms with van der Waals surface area (Å²) in [5.74, 6) is 1.35. The maximum absolute atomic E-state index is 11.6. The Hall–Kier alpha value is -2.44. The van der Waals surface area contributed by atoms with Crippen molar-refractivity contribution >= 4 is 50.7 Å². The molecule has 1 aromatic heterocycles. The second-order valence-electron chi connectivity index (χ2n) is 6.27. The molecule has 0 radical (unpaired) electrons. The van der Waals surface area contributed by atoms with Gasteiger partial charge in [0.2, 0.25) is 0 Å². The molecular formula is C20H15N3OS2. The van der Waals surface area contributed by atoms with Crippen LogP contribution in [0.5, 0.6) is 0 Å². The van der Waals surface area contributed by atoms with E-state index in [9.17, 15) is 4.79 Å². The number of thioether (sulfide) groups is 1. The first kappa shape index (κ1) is 15.8. The zero-order valence-corrected chi connectivity index (χ0v) is 15.5. The highest BCUT2D eigenvalue weighted by Crippen LogP contribution is 2.37. The normalized spacial score (nSPS) is 19.9. The van der Waals surface area contributed by atoms with Crippen molar-refractivity contribution in [2.45, 2.75) is 12.5 Å². The number of hydrazone groups is 1. The number of rotatable bonds is 2. The topological polar surface area (TPSA) is 45.0 Å². The summed E-state index contributed by atoms with van der Waals surface area (Å²) >= 11 is 2.96. The summed E-state index contributed by atoms with van der Waals surface area (Å²) in [6, 6.07) is 19.1. The third-order valence-electron chi connectivity index (χ3n) is 4.67. The lowest BCUT2D eigenvalue weighted by Crippen LogP contribution is -2.26. The van der Waals surface area contributed by atoms with Gasteiger partial charge in [-0.25, -0.2) is 5.01 Å². The molecule has 128 valence electrons. The number of hydrogen-bond donors (Lipinski definition) is 0. The molecule has 0 bridgehead atoms. The van der Waals surface area contributed by atoms with Gasteiger partial charge in [0.25, 0.3) is 0 Å². The van der Waals surface area contributed by atoms with Gasteiger partial charge in [0.15, 0.2) is 0 Å². The van der Waals surface area contributed by atoms with E-state index in [1.807, 2.05) is 5.01 Å². The van der Waals surface area contributed by atoms with E-state index in [-0.39, 0.29) is 11.3 Å². The first-order chi connectivity index (χ1) is 12.8. The van der Waals surface area contributed by atoms with E-state index >= 15 is 0 Å². The van der Waals surface area contributed by atoms with Crippen LogP contribution >= 0.6 is 23.1 Å². The van der Waals surface area contributed by atoms with Crippen LogP contribution in [-0.2, 0) is 0 Å². The first-order valence-corrected chi connectivity index (χ1v) is 10.3. The summed E-state index contributed by atoms with van der Waals surface area (Å²) in [7, 11) is 0. The Morgan fingerprint density at radius 2 is 1.92 bits per heavy atom. The van der Waals surface area contributed by atoms with Gasteiger partial charge in [-0.1, -0.05) is 54.2 Å². The van der Waals surface area contributed by atoms with Crippen molar-refractivity contribution in [2.24, 2.45) is 10.1 Å². The minimum Gasteiger partial charge on any atom is -0.259 e. The first-order valence-electron chi connectivity index (χ1n) is 8.41. The SMILES string of the molecule is O=C1N=C(N2N=C(c3ccc4ccccc4c3)CC2c2cccs2)CS1. The lowest BCUT2D eigenvalue weighted by Gasteiger charge is -2.21. The molecule has 4 nitrogen and oxygen atoms in total. The van der Waals surface area contributed by atoms with E-state index in [0.717, 1.165) is 23.5 Å². The molecule has 0 aliphatic carbocycles. The van der Waals surface area contributed by atoms with Gasteiger partial charge in [-0.05, 0) is 33.8 Å². The maximum atomic E-state index is 11.6. The minimum atomic E-state index is -0.126. The highest BCUT2D eigenvalue weighted by atomic mass is 32.2. The number of amides is 1. The molecule has 5 rings (SSSR count). The zero-order chi connectivity index (χ0) is 17.5. The van der Waals surface area contributed by atoms with Crippen molar-refractivity contribution in [2.75, 3.05) is 5.75 Å². The Morgan fingerprint density at radius 3 is 2.69 bits per heavy atom. The molecule has 2 aliphatic heterocycles. The number of hydrogen-bond acceptors (Lipinski definition) is 5. The molecule has 2 aromatic carbocycles. The molecule has 3 heterocycles. The molecule has 6 heteroatoms. The Balaban J connectivity index is 1.55. The molecule has 2 aliphatic rings. The predicted molar refractivity (Wildman–Crippen MR) is 109 cm³/mol. The van der Waals surface area contributed by atoms with Gasteiger partial charge >= 0.3 is 5.24 Å². The zero-order valence-electron chi connectivity index (χ0n) is 13.8. The van der Waals surface area contributed by atoms with E-state index < -0.39 is 0 Å². The maximum Gasteiger partial charge on any atom is 0.307 e. The fourth-order valence-corrected chi connectivity index (χ4v) is 4.84. The molecule has 0 saturated heterocycles. The van der Waals surface area contributed by atoms with Crippen LogP contribution in [-0.4, -0.2) is 27.5 Å². The molecule has 0 N–H and O–H groups in total. The standard InChI is InChI=1S/C20H15N3OS2/c24-20-21-19(12-26-20)23-17(18-6-3-9-25-18)11-16(22-23)15-8-7-13-4-1-2-5-14(13)10-15/h1-10,17H,11-12H2. The number of carbonyl (C=O) groups is 1. The average Bonchev–Trinajstić information content (AvgIpc) is 3.41. The smallest absolute Gasteiger partial charge is 0.259 e. The van der Waals surface area contributed by atoms with Crippen molar-refractivity contribution < 1.29 is 4.79 Å². The van der Waals surface area contributed by atoms with Gasteiger partial charge in [-0.15, -0.1) is 11.3 Å². The van der Waals surface area contributed by atoms with E-state index in [1.54, 1.807) is 11.3 Å². The van der Waals surface area contributed by atoms with Crippen molar-refractivity contribution in [3.8, 4) is 0 Å². The fourth-order valence-electron chi connectivity index (χ4n) is 3.41. The minimum absolute atomic E-state index is 0.113. The average molecular weight is 377 g/mol. The second-order valence-corrected chi connectivity index (χ2v) is 8.18. The second kappa shape index (κ2) is 6.37. The molecule has 0 saturated carbocycles. The molecule has 0 fully saturated rings. The van der Waals surface area contributed by atoms with Crippen LogP contribution in [0.25, 0.3) is 10.8 Å². The van der Waals surface area contributed by atoms with Crippen LogP contribution in [0.3, 0.4) is 0 Å². The summed E-state index contributed by atoms with van der Waals surface area (Å²) in [4.78, 5) is 17.0. The van der Waals surface area contributed by atoms with Gasteiger partial charge < -0.3 is 0 Å². The molecule has 1 amide bonds. The number of amidine groups is 1. The summed E-state index contributed by atoms with van der Waals surface area (Å²) < 4.78 is 0. The summed E-state index contributed by atoms with van der Waals surface area (Å²) in [6.07, 6.45) is 0.816. The Morgan fingerprint density at radius 1 is 1.04 bits per heavy atom. The molecule has 26 heavy (non-hydrogen) atoms. The largest absolute Gasteiger partial charge is 0.307 e. The van der Waals surface area contributed by atoms with Gasteiger partial charge in [-0.3, -0.25) is 4.79 Å². The van der Waals surface area contributed by atoms with Crippen LogP contribution in [0.2, 0.25) is 0 Å². The number of carbonyl (C=O) groups excluding carboxylic acids is 1. The van der Waals surface area contributed by atoms with Gasteiger partial charge in [0, 0.05) is 11.3 Å². The van der Waals surface area contributed by atoms with Crippen molar-refractivity contribution in [1.29, 1.82) is 0 Å². The third kappa shape index (κ3) is 2.75. The monoisotopic (exact) mass is 377 g/mol. The highest BCUT2D eigenvalue weighted by Gasteiger charge is 2.34. The Bertz CT molecular complexity index is 1060. The number of thiophene rings is 1. The molecule has 3 aromatic rings. The lowest BCUT2D eigenvalue weighted by atomic mass is 10.00. The van der Waals surface area contributed by atoms with Crippen LogP contribution in [0.1, 0.15) is 22.9 Å². The van der Waals surface area contributed by atoms with E-state index in [1.165, 1.54) is 27.4 Å². The van der Waals surface area contributed by atoms with Crippen LogP contribution in [0, 0.1) is 0 Å². The van der Waals surface area contributed by atoms with Crippen molar-refractivity contribution in [1.82, 2.24) is 5.01 Å². The molecule has 1 unspecified atom stereocenters. The molecular weight excluding hydrogens is 362 g/mol. The van der Waals surface area contributed by atoms with Gasteiger partial charge in [0.05, 0.1) is 17.5 Å². The molecule has 1 atom stereocenters. The Kier molecular flexibility index (Phi) is 3.87. The summed E-state index contributed by atoms with van der Waals surface area (Å²) in [5.41, 5.74) is 2.17. The lowest BCUT2D eigenvalue weighted by molar-refractivity contribution is 0.267. The van der Waals surface area contributed by atoms with Gasteiger partial charge in [0.1, 0.15) is 5.84 Å². The number of nitrogens with zero attached hydrogens (tertiary/aromatic N) is 3. The van der Waals surface area contributed by atoms with Crippen molar-refractivity contribution in [3.63, 3.8) is 0 Å². The van der Waals surface area contributed by atoms with E-state index in [2.05, 4.69) is 65.0 Å². The van der Waals surface area contributed by atoms with Crippen molar-refractivity contribution in [3.05, 3.63) is 70.4 Å². The van der Waals surface area contributed by atoms with Crippen LogP contribution in [0.4, 0.5) is 4.79 Å². The number of aliphatic imine (C=N–C) groups is 1. The number of fused-ring (bicyclic) bond motifs is 1. The van der Waals surface area contributed by atoms with E-state index in [0.29, 0.717) is 5.75 Å². The van der Waals surface area contributed by atoms with Crippen LogP contribution < -0.4 is 0 Å². The number of benzene rings is 2. The van der Waals surface area contributed by atoms with Gasteiger partial charge in [-0.2, -0.15) is 10.1 Å². The predicted octanol–water partition coefficient (Wildman–Crippen LogP) is 5.32. The third-order valence-corrected chi connectivity index (χ3v) is 6.39. The highest BCUT2D eigenvalue weighted by molar-refractivity contribution is 8.14. The quantitative estimate of drug-likeness (QED) is 0.607. The summed E-state index contributed by atoms with van der Waals surface area (Å²) in [6.45, 7) is 0. The summed E-state index contributed by atoms with van der Waals surface area (Å²) in [5, 5.41) is 11.2. The Labute approximate surface area is 159 Å². The fraction of sp³-hybridized carbons (Fsp3) is 0.150.